The molecule has 1 aliphatic heterocycles. The van der Waals surface area contributed by atoms with Gasteiger partial charge in [-0.2, -0.15) is 0 Å². The first-order valence-corrected chi connectivity index (χ1v) is 6.39. The first-order chi connectivity index (χ1) is 8.88. The standard InChI is InChI=1S/C14H21NO3/c1-16-12-13-2-4-14(5-3-13)18-11-8-15-6-9-17-10-7-15/h2-5H,6-12H2,1H3. The fourth-order valence-electron chi connectivity index (χ4n) is 1.97. The van der Waals surface area contributed by atoms with Crippen LogP contribution in [0.15, 0.2) is 24.3 Å². The number of methoxy groups -OCH3 is 1. The average molecular weight is 251 g/mol. The molecule has 0 aromatic heterocycles. The maximum absolute atomic E-state index is 5.72. The molecule has 0 atom stereocenters. The Kier molecular flexibility index (Phi) is 5.45. The van der Waals surface area contributed by atoms with Crippen LogP contribution < -0.4 is 4.74 Å². The summed E-state index contributed by atoms with van der Waals surface area (Å²) < 4.78 is 16.1. The van der Waals surface area contributed by atoms with Crippen molar-refractivity contribution in [1.82, 2.24) is 4.90 Å². The number of rotatable bonds is 6. The van der Waals surface area contributed by atoms with Gasteiger partial charge in [0.15, 0.2) is 0 Å². The molecule has 0 unspecified atom stereocenters. The van der Waals surface area contributed by atoms with Gasteiger partial charge in [0.2, 0.25) is 0 Å². The van der Waals surface area contributed by atoms with Gasteiger partial charge < -0.3 is 14.2 Å². The Morgan fingerprint density at radius 1 is 1.17 bits per heavy atom. The molecule has 0 bridgehead atoms. The highest BCUT2D eigenvalue weighted by Gasteiger charge is 2.09. The summed E-state index contributed by atoms with van der Waals surface area (Å²) in [7, 11) is 1.70. The minimum Gasteiger partial charge on any atom is -0.492 e. The van der Waals surface area contributed by atoms with Gasteiger partial charge in [0, 0.05) is 26.7 Å². The van der Waals surface area contributed by atoms with E-state index >= 15 is 0 Å². The lowest BCUT2D eigenvalue weighted by molar-refractivity contribution is 0.0322. The Morgan fingerprint density at radius 3 is 2.56 bits per heavy atom. The van der Waals surface area contributed by atoms with E-state index in [-0.39, 0.29) is 0 Å². The van der Waals surface area contributed by atoms with Gasteiger partial charge in [-0.1, -0.05) is 12.1 Å². The van der Waals surface area contributed by atoms with E-state index in [1.54, 1.807) is 7.11 Å². The molecule has 0 saturated carbocycles. The van der Waals surface area contributed by atoms with Crippen LogP contribution in [0.4, 0.5) is 0 Å². The van der Waals surface area contributed by atoms with Gasteiger partial charge in [0.05, 0.1) is 19.8 Å². The Hall–Kier alpha value is -1.10. The van der Waals surface area contributed by atoms with E-state index in [2.05, 4.69) is 4.90 Å². The van der Waals surface area contributed by atoms with Gasteiger partial charge in [0.1, 0.15) is 12.4 Å². The van der Waals surface area contributed by atoms with Crippen LogP contribution in [-0.4, -0.2) is 51.5 Å². The monoisotopic (exact) mass is 251 g/mol. The lowest BCUT2D eigenvalue weighted by Crippen LogP contribution is -2.38. The zero-order valence-electron chi connectivity index (χ0n) is 10.9. The number of ether oxygens (including phenoxy) is 3. The molecule has 2 rings (SSSR count). The number of benzene rings is 1. The largest absolute Gasteiger partial charge is 0.492 e. The van der Waals surface area contributed by atoms with Crippen LogP contribution in [0, 0.1) is 0 Å². The van der Waals surface area contributed by atoms with Gasteiger partial charge in [0.25, 0.3) is 0 Å². The Morgan fingerprint density at radius 2 is 1.89 bits per heavy atom. The van der Waals surface area contributed by atoms with Crippen LogP contribution in [-0.2, 0) is 16.1 Å². The molecule has 1 aromatic carbocycles. The number of hydrogen-bond donors (Lipinski definition) is 0. The van der Waals surface area contributed by atoms with Crippen molar-refractivity contribution in [3.05, 3.63) is 29.8 Å². The molecule has 100 valence electrons. The first kappa shape index (κ1) is 13.3. The molecule has 1 fully saturated rings. The van der Waals surface area contributed by atoms with E-state index in [0.29, 0.717) is 6.61 Å². The third-order valence-corrected chi connectivity index (χ3v) is 3.01. The number of nitrogens with zero attached hydrogens (tertiary/aromatic N) is 1. The van der Waals surface area contributed by atoms with Crippen LogP contribution >= 0.6 is 0 Å². The molecule has 0 amide bonds. The zero-order chi connectivity index (χ0) is 12.6. The second kappa shape index (κ2) is 7.36. The van der Waals surface area contributed by atoms with Crippen LogP contribution in [0.5, 0.6) is 5.75 Å². The van der Waals surface area contributed by atoms with Gasteiger partial charge in [-0.15, -0.1) is 0 Å². The summed E-state index contributed by atoms with van der Waals surface area (Å²) in [5.74, 6) is 0.920. The van der Waals surface area contributed by atoms with Gasteiger partial charge >= 0.3 is 0 Å². The minimum absolute atomic E-state index is 0.647. The summed E-state index contributed by atoms with van der Waals surface area (Å²) in [5.41, 5.74) is 1.16. The lowest BCUT2D eigenvalue weighted by Gasteiger charge is -2.26. The normalized spacial score (nSPS) is 16.7. The minimum atomic E-state index is 0.647. The van der Waals surface area contributed by atoms with Crippen molar-refractivity contribution in [1.29, 1.82) is 0 Å². The second-order valence-electron chi connectivity index (χ2n) is 4.38. The first-order valence-electron chi connectivity index (χ1n) is 6.39. The lowest BCUT2D eigenvalue weighted by atomic mass is 10.2. The highest BCUT2D eigenvalue weighted by molar-refractivity contribution is 5.26. The molecule has 1 heterocycles. The summed E-state index contributed by atoms with van der Waals surface area (Å²) >= 11 is 0. The van der Waals surface area contributed by atoms with Crippen molar-refractivity contribution in [3.8, 4) is 5.75 Å². The van der Waals surface area contributed by atoms with E-state index in [4.69, 9.17) is 14.2 Å². The van der Waals surface area contributed by atoms with Crippen molar-refractivity contribution in [3.63, 3.8) is 0 Å². The molecule has 0 N–H and O–H groups in total. The maximum Gasteiger partial charge on any atom is 0.119 e. The van der Waals surface area contributed by atoms with E-state index in [1.165, 1.54) is 0 Å². The Labute approximate surface area is 108 Å². The Balaban J connectivity index is 1.69. The molecule has 1 aliphatic rings. The van der Waals surface area contributed by atoms with Gasteiger partial charge in [-0.05, 0) is 17.7 Å². The molecule has 0 radical (unpaired) electrons. The SMILES string of the molecule is COCc1ccc(OCCN2CCOCC2)cc1. The fourth-order valence-corrected chi connectivity index (χ4v) is 1.97. The molecular weight excluding hydrogens is 230 g/mol. The van der Waals surface area contributed by atoms with Crippen LogP contribution in [0.2, 0.25) is 0 Å². The molecule has 1 saturated heterocycles. The highest BCUT2D eigenvalue weighted by Crippen LogP contribution is 2.12. The topological polar surface area (TPSA) is 30.9 Å². The molecule has 4 nitrogen and oxygen atoms in total. The van der Waals surface area contributed by atoms with Crippen LogP contribution in [0.25, 0.3) is 0 Å². The quantitative estimate of drug-likeness (QED) is 0.767. The average Bonchev–Trinajstić information content (AvgIpc) is 2.42. The van der Waals surface area contributed by atoms with Crippen molar-refractivity contribution in [2.45, 2.75) is 6.61 Å². The number of morpholine rings is 1. The summed E-state index contributed by atoms with van der Waals surface area (Å²) in [6, 6.07) is 8.06. The predicted molar refractivity (Wildman–Crippen MR) is 69.9 cm³/mol. The molecule has 18 heavy (non-hydrogen) atoms. The molecule has 0 aliphatic carbocycles. The third kappa shape index (κ3) is 4.29. The van der Waals surface area contributed by atoms with E-state index < -0.39 is 0 Å². The van der Waals surface area contributed by atoms with E-state index in [9.17, 15) is 0 Å². The highest BCUT2D eigenvalue weighted by atomic mass is 16.5. The van der Waals surface area contributed by atoms with E-state index in [0.717, 1.165) is 50.8 Å². The molecular formula is C14H21NO3. The zero-order valence-corrected chi connectivity index (χ0v) is 10.9. The number of hydrogen-bond acceptors (Lipinski definition) is 4. The second-order valence-corrected chi connectivity index (χ2v) is 4.38. The summed E-state index contributed by atoms with van der Waals surface area (Å²) in [6.45, 7) is 6.03. The third-order valence-electron chi connectivity index (χ3n) is 3.01. The van der Waals surface area contributed by atoms with Crippen LogP contribution in [0.1, 0.15) is 5.56 Å². The van der Waals surface area contributed by atoms with Gasteiger partial charge in [-0.3, -0.25) is 4.90 Å². The molecule has 1 aromatic rings. The summed E-state index contributed by atoms with van der Waals surface area (Å²) in [5, 5.41) is 0. The van der Waals surface area contributed by atoms with Crippen molar-refractivity contribution < 1.29 is 14.2 Å². The van der Waals surface area contributed by atoms with Gasteiger partial charge in [-0.25, -0.2) is 0 Å². The molecule has 4 heteroatoms. The Bertz CT molecular complexity index is 333. The van der Waals surface area contributed by atoms with Crippen molar-refractivity contribution in [2.75, 3.05) is 46.6 Å². The predicted octanol–water partition coefficient (Wildman–Crippen LogP) is 1.54. The smallest absolute Gasteiger partial charge is 0.119 e. The van der Waals surface area contributed by atoms with Crippen LogP contribution in [0.3, 0.4) is 0 Å². The fraction of sp³-hybridized carbons (Fsp3) is 0.571. The van der Waals surface area contributed by atoms with E-state index in [1.807, 2.05) is 24.3 Å². The summed E-state index contributed by atoms with van der Waals surface area (Å²) in [4.78, 5) is 2.36. The van der Waals surface area contributed by atoms with Crippen molar-refractivity contribution in [2.24, 2.45) is 0 Å². The maximum atomic E-state index is 5.72. The summed E-state index contributed by atoms with van der Waals surface area (Å²) in [6.07, 6.45) is 0. The molecule has 0 spiro atoms. The van der Waals surface area contributed by atoms with Crippen molar-refractivity contribution >= 4 is 0 Å².